The molecule has 1 aliphatic rings. The first-order valence-corrected chi connectivity index (χ1v) is 8.70. The normalized spacial score (nSPS) is 22.2. The first kappa shape index (κ1) is 17.4. The molecule has 0 spiro atoms. The van der Waals surface area contributed by atoms with Gasteiger partial charge < -0.3 is 0 Å². The summed E-state index contributed by atoms with van der Waals surface area (Å²) in [5.41, 5.74) is 1.24. The summed E-state index contributed by atoms with van der Waals surface area (Å²) in [6, 6.07) is 3.45. The van der Waals surface area contributed by atoms with Crippen LogP contribution in [0.5, 0.6) is 0 Å². The zero-order valence-corrected chi connectivity index (χ0v) is 14.2. The smallest absolute Gasteiger partial charge is 0.293 e. The van der Waals surface area contributed by atoms with Crippen molar-refractivity contribution in [2.45, 2.75) is 51.5 Å². The van der Waals surface area contributed by atoms with Crippen molar-refractivity contribution in [3.05, 3.63) is 40.0 Å². The summed E-state index contributed by atoms with van der Waals surface area (Å²) in [4.78, 5) is 7.39. The lowest BCUT2D eigenvalue weighted by Gasteiger charge is -2.25. The van der Waals surface area contributed by atoms with E-state index in [1.165, 1.54) is 11.3 Å². The summed E-state index contributed by atoms with van der Waals surface area (Å²) in [6.07, 6.45) is -2.37. The molecule has 2 atom stereocenters. The molecule has 1 aromatic carbocycles. The molecular weight excluding hydrogens is 340 g/mol. The SMILES string of the molecule is C[C@@H]1CC[C@@H](C)N1Cc1scnc1-c1cc(F)cc(C(F)(F)F)c1. The van der Waals surface area contributed by atoms with E-state index >= 15 is 0 Å². The maximum atomic E-state index is 13.7. The second kappa shape index (κ2) is 6.44. The van der Waals surface area contributed by atoms with E-state index in [9.17, 15) is 17.6 Å². The molecule has 3 rings (SSSR count). The van der Waals surface area contributed by atoms with Crippen LogP contribution in [0.3, 0.4) is 0 Å². The molecule has 24 heavy (non-hydrogen) atoms. The standard InChI is InChI=1S/C17H18F4N2S/c1-10-3-4-11(2)23(10)8-15-16(22-9-24-15)12-5-13(17(19,20)21)7-14(18)6-12/h5-7,9-11H,3-4,8H2,1-2H3/t10-,11-/m1/s1. The van der Waals surface area contributed by atoms with Crippen molar-refractivity contribution in [2.75, 3.05) is 0 Å². The molecular formula is C17H18F4N2S. The molecule has 1 fully saturated rings. The lowest BCUT2D eigenvalue weighted by Crippen LogP contribution is -2.31. The number of likely N-dealkylation sites (tertiary alicyclic amines) is 1. The Hall–Kier alpha value is -1.47. The Labute approximate surface area is 142 Å². The van der Waals surface area contributed by atoms with Gasteiger partial charge >= 0.3 is 6.18 Å². The van der Waals surface area contributed by atoms with Crippen LogP contribution in [0.2, 0.25) is 0 Å². The van der Waals surface area contributed by atoms with Gasteiger partial charge in [0, 0.05) is 29.1 Å². The predicted molar refractivity (Wildman–Crippen MR) is 86.2 cm³/mol. The topological polar surface area (TPSA) is 16.1 Å². The highest BCUT2D eigenvalue weighted by molar-refractivity contribution is 7.10. The van der Waals surface area contributed by atoms with Crippen molar-refractivity contribution in [3.63, 3.8) is 0 Å². The van der Waals surface area contributed by atoms with Gasteiger partial charge in [-0.1, -0.05) is 0 Å². The predicted octanol–water partition coefficient (Wildman–Crippen LogP) is 5.34. The van der Waals surface area contributed by atoms with E-state index < -0.39 is 17.6 Å². The lowest BCUT2D eigenvalue weighted by molar-refractivity contribution is -0.137. The Morgan fingerprint density at radius 3 is 2.46 bits per heavy atom. The van der Waals surface area contributed by atoms with E-state index in [1.807, 2.05) is 0 Å². The molecule has 2 aromatic rings. The van der Waals surface area contributed by atoms with Gasteiger partial charge in [0.05, 0.1) is 16.8 Å². The van der Waals surface area contributed by atoms with Crippen molar-refractivity contribution in [3.8, 4) is 11.3 Å². The van der Waals surface area contributed by atoms with Gasteiger partial charge in [0.1, 0.15) is 5.82 Å². The fourth-order valence-electron chi connectivity index (χ4n) is 3.23. The maximum absolute atomic E-state index is 13.7. The minimum Gasteiger partial charge on any atom is -0.293 e. The van der Waals surface area contributed by atoms with Crippen molar-refractivity contribution in [1.29, 1.82) is 0 Å². The maximum Gasteiger partial charge on any atom is 0.416 e. The molecule has 1 aromatic heterocycles. The van der Waals surface area contributed by atoms with Crippen LogP contribution in [-0.4, -0.2) is 22.0 Å². The van der Waals surface area contributed by atoms with Gasteiger partial charge in [0.25, 0.3) is 0 Å². The quantitative estimate of drug-likeness (QED) is 0.689. The zero-order valence-electron chi connectivity index (χ0n) is 13.4. The molecule has 7 heteroatoms. The molecule has 2 heterocycles. The Balaban J connectivity index is 1.94. The minimum atomic E-state index is -4.58. The molecule has 0 amide bonds. The van der Waals surface area contributed by atoms with E-state index in [0.29, 0.717) is 30.4 Å². The number of rotatable bonds is 3. The van der Waals surface area contributed by atoms with E-state index in [-0.39, 0.29) is 5.56 Å². The number of hydrogen-bond donors (Lipinski definition) is 0. The third-order valence-corrected chi connectivity index (χ3v) is 5.42. The molecule has 0 saturated carbocycles. The highest BCUT2D eigenvalue weighted by Crippen LogP contribution is 2.36. The Bertz CT molecular complexity index is 716. The number of thiazole rings is 1. The van der Waals surface area contributed by atoms with Crippen molar-refractivity contribution < 1.29 is 17.6 Å². The van der Waals surface area contributed by atoms with Crippen LogP contribution < -0.4 is 0 Å². The molecule has 0 bridgehead atoms. The van der Waals surface area contributed by atoms with Gasteiger partial charge in [-0.15, -0.1) is 11.3 Å². The van der Waals surface area contributed by atoms with E-state index in [1.54, 1.807) is 5.51 Å². The van der Waals surface area contributed by atoms with E-state index in [0.717, 1.165) is 29.9 Å². The van der Waals surface area contributed by atoms with E-state index in [4.69, 9.17) is 0 Å². The summed E-state index contributed by atoms with van der Waals surface area (Å²) in [6.45, 7) is 4.92. The Morgan fingerprint density at radius 2 is 1.83 bits per heavy atom. The molecule has 130 valence electrons. The van der Waals surface area contributed by atoms with Gasteiger partial charge in [0.15, 0.2) is 0 Å². The molecule has 2 nitrogen and oxygen atoms in total. The molecule has 1 aliphatic heterocycles. The third-order valence-electron chi connectivity index (χ3n) is 4.60. The van der Waals surface area contributed by atoms with E-state index in [2.05, 4.69) is 23.7 Å². The summed E-state index contributed by atoms with van der Waals surface area (Å²) >= 11 is 1.40. The Kier molecular flexibility index (Phi) is 4.66. The van der Waals surface area contributed by atoms with Crippen LogP contribution in [0.1, 0.15) is 37.1 Å². The van der Waals surface area contributed by atoms with Gasteiger partial charge in [0.2, 0.25) is 0 Å². The van der Waals surface area contributed by atoms with Crippen molar-refractivity contribution in [2.24, 2.45) is 0 Å². The molecule has 0 radical (unpaired) electrons. The zero-order chi connectivity index (χ0) is 17.5. The molecule has 0 unspecified atom stereocenters. The van der Waals surface area contributed by atoms with Crippen LogP contribution in [0, 0.1) is 5.82 Å². The number of nitrogens with zero attached hydrogens (tertiary/aromatic N) is 2. The summed E-state index contributed by atoms with van der Waals surface area (Å²) in [7, 11) is 0. The largest absolute Gasteiger partial charge is 0.416 e. The van der Waals surface area contributed by atoms with Gasteiger partial charge in [-0.05, 0) is 44.9 Å². The van der Waals surface area contributed by atoms with Crippen LogP contribution >= 0.6 is 11.3 Å². The lowest BCUT2D eigenvalue weighted by atomic mass is 10.1. The third kappa shape index (κ3) is 3.47. The monoisotopic (exact) mass is 358 g/mol. The van der Waals surface area contributed by atoms with Crippen LogP contribution in [0.15, 0.2) is 23.7 Å². The van der Waals surface area contributed by atoms with Crippen LogP contribution in [0.25, 0.3) is 11.3 Å². The first-order valence-electron chi connectivity index (χ1n) is 7.82. The number of hydrogen-bond acceptors (Lipinski definition) is 3. The summed E-state index contributed by atoms with van der Waals surface area (Å²) < 4.78 is 52.5. The average molecular weight is 358 g/mol. The number of alkyl halides is 3. The van der Waals surface area contributed by atoms with Gasteiger partial charge in [-0.2, -0.15) is 13.2 Å². The first-order chi connectivity index (χ1) is 11.3. The molecule has 0 N–H and O–H groups in total. The minimum absolute atomic E-state index is 0.179. The Morgan fingerprint density at radius 1 is 1.17 bits per heavy atom. The number of aromatic nitrogens is 1. The highest BCUT2D eigenvalue weighted by Gasteiger charge is 2.32. The summed E-state index contributed by atoms with van der Waals surface area (Å²) in [5.74, 6) is -0.901. The van der Waals surface area contributed by atoms with Crippen molar-refractivity contribution >= 4 is 11.3 Å². The average Bonchev–Trinajstić information content (AvgIpc) is 3.08. The highest BCUT2D eigenvalue weighted by atomic mass is 32.1. The number of halogens is 4. The van der Waals surface area contributed by atoms with Crippen LogP contribution in [-0.2, 0) is 12.7 Å². The molecule has 0 aliphatic carbocycles. The second-order valence-electron chi connectivity index (χ2n) is 6.30. The fourth-order valence-corrected chi connectivity index (χ4v) is 4.03. The fraction of sp³-hybridized carbons (Fsp3) is 0.471. The van der Waals surface area contributed by atoms with Gasteiger partial charge in [-0.25, -0.2) is 9.37 Å². The van der Waals surface area contributed by atoms with Crippen molar-refractivity contribution in [1.82, 2.24) is 9.88 Å². The van der Waals surface area contributed by atoms with Crippen LogP contribution in [0.4, 0.5) is 17.6 Å². The second-order valence-corrected chi connectivity index (χ2v) is 7.24. The van der Waals surface area contributed by atoms with Gasteiger partial charge in [-0.3, -0.25) is 4.90 Å². The molecule has 1 saturated heterocycles. The summed E-state index contributed by atoms with van der Waals surface area (Å²) in [5, 5.41) is 0. The number of benzene rings is 1.